The number of halogens is 3. The molecule has 116 valence electrons. The number of carbonyl (C=O) groups is 2. The topological polar surface area (TPSA) is 89.9 Å². The minimum atomic E-state index is -4.41. The molecule has 0 bridgehead atoms. The van der Waals surface area contributed by atoms with Crippen molar-refractivity contribution in [3.05, 3.63) is 24.3 Å². The Morgan fingerprint density at radius 2 is 1.76 bits per heavy atom. The van der Waals surface area contributed by atoms with Crippen LogP contribution in [0.2, 0.25) is 0 Å². The van der Waals surface area contributed by atoms with Crippen LogP contribution in [0.1, 0.15) is 6.42 Å². The summed E-state index contributed by atoms with van der Waals surface area (Å²) in [6, 6.07) is 4.05. The standard InChI is InChI=1S/C12H13F3N2O4/c13-12(14,15)5-6-16-11(21)17(7-10(19)20)8-1-3-9(18)4-2-8/h1-4,18H,5-7H2,(H,16,21)(H,19,20). The summed E-state index contributed by atoms with van der Waals surface area (Å²) in [5.74, 6) is -1.42. The molecule has 0 saturated carbocycles. The van der Waals surface area contributed by atoms with E-state index in [2.05, 4.69) is 0 Å². The molecule has 3 N–H and O–H groups in total. The largest absolute Gasteiger partial charge is 0.508 e. The molecule has 0 aliphatic rings. The van der Waals surface area contributed by atoms with Gasteiger partial charge in [-0.05, 0) is 24.3 Å². The Morgan fingerprint density at radius 3 is 2.24 bits per heavy atom. The fourth-order valence-corrected chi connectivity index (χ4v) is 1.45. The summed E-state index contributed by atoms with van der Waals surface area (Å²) in [5.41, 5.74) is 0.139. The van der Waals surface area contributed by atoms with Crippen molar-refractivity contribution < 1.29 is 33.0 Å². The van der Waals surface area contributed by atoms with E-state index < -0.39 is 37.7 Å². The number of alkyl halides is 3. The van der Waals surface area contributed by atoms with Crippen LogP contribution >= 0.6 is 0 Å². The quantitative estimate of drug-likeness (QED) is 0.775. The van der Waals surface area contributed by atoms with Gasteiger partial charge in [-0.1, -0.05) is 0 Å². The van der Waals surface area contributed by atoms with Crippen LogP contribution in [0.3, 0.4) is 0 Å². The number of aromatic hydroxyl groups is 1. The minimum absolute atomic E-state index is 0.0912. The fraction of sp³-hybridized carbons (Fsp3) is 0.333. The highest BCUT2D eigenvalue weighted by Crippen LogP contribution is 2.20. The van der Waals surface area contributed by atoms with Gasteiger partial charge in [-0.2, -0.15) is 13.2 Å². The van der Waals surface area contributed by atoms with Gasteiger partial charge in [-0.3, -0.25) is 9.69 Å². The lowest BCUT2D eigenvalue weighted by molar-refractivity contribution is -0.135. The molecule has 0 spiro atoms. The number of anilines is 1. The van der Waals surface area contributed by atoms with Crippen molar-refractivity contribution in [3.8, 4) is 5.75 Å². The van der Waals surface area contributed by atoms with Crippen LogP contribution in [-0.2, 0) is 4.79 Å². The Morgan fingerprint density at radius 1 is 1.19 bits per heavy atom. The molecule has 1 rings (SSSR count). The van der Waals surface area contributed by atoms with Crippen LogP contribution in [0.15, 0.2) is 24.3 Å². The van der Waals surface area contributed by atoms with E-state index in [1.165, 1.54) is 24.3 Å². The number of phenols is 1. The Labute approximate surface area is 117 Å². The second kappa shape index (κ2) is 6.82. The normalized spacial score (nSPS) is 11.0. The number of nitrogens with zero attached hydrogens (tertiary/aromatic N) is 1. The van der Waals surface area contributed by atoms with E-state index in [1.54, 1.807) is 0 Å². The molecule has 0 aromatic heterocycles. The predicted molar refractivity (Wildman–Crippen MR) is 67.2 cm³/mol. The summed E-state index contributed by atoms with van der Waals surface area (Å²) in [6.07, 6.45) is -5.63. The van der Waals surface area contributed by atoms with Crippen molar-refractivity contribution in [3.63, 3.8) is 0 Å². The summed E-state index contributed by atoms with van der Waals surface area (Å²) in [7, 11) is 0. The number of hydrogen-bond acceptors (Lipinski definition) is 3. The molecule has 0 heterocycles. The number of hydrogen-bond donors (Lipinski definition) is 3. The van der Waals surface area contributed by atoms with Gasteiger partial charge in [-0.25, -0.2) is 4.79 Å². The third-order valence-electron chi connectivity index (χ3n) is 2.38. The summed E-state index contributed by atoms with van der Waals surface area (Å²) >= 11 is 0. The fourth-order valence-electron chi connectivity index (χ4n) is 1.45. The highest BCUT2D eigenvalue weighted by atomic mass is 19.4. The van der Waals surface area contributed by atoms with Gasteiger partial charge in [0.05, 0.1) is 6.42 Å². The zero-order valence-electron chi connectivity index (χ0n) is 10.7. The van der Waals surface area contributed by atoms with Gasteiger partial charge in [0.1, 0.15) is 12.3 Å². The van der Waals surface area contributed by atoms with Crippen LogP contribution in [0.25, 0.3) is 0 Å². The molecule has 6 nitrogen and oxygen atoms in total. The van der Waals surface area contributed by atoms with Crippen molar-refractivity contribution in [2.24, 2.45) is 0 Å². The zero-order chi connectivity index (χ0) is 16.0. The SMILES string of the molecule is O=C(O)CN(C(=O)NCCC(F)(F)F)c1ccc(O)cc1. The molecule has 0 fully saturated rings. The lowest BCUT2D eigenvalue weighted by atomic mass is 10.2. The number of carbonyl (C=O) groups excluding carboxylic acids is 1. The molecule has 2 amide bonds. The number of benzene rings is 1. The van der Waals surface area contributed by atoms with E-state index in [0.717, 1.165) is 4.90 Å². The average molecular weight is 306 g/mol. The van der Waals surface area contributed by atoms with Gasteiger partial charge in [0.2, 0.25) is 0 Å². The summed E-state index contributed by atoms with van der Waals surface area (Å²) in [6.45, 7) is -1.38. The van der Waals surface area contributed by atoms with E-state index in [-0.39, 0.29) is 11.4 Å². The maximum absolute atomic E-state index is 12.0. The first kappa shape index (κ1) is 16.6. The number of nitrogens with one attached hydrogen (secondary N) is 1. The van der Waals surface area contributed by atoms with Gasteiger partial charge < -0.3 is 15.5 Å². The Kier molecular flexibility index (Phi) is 5.39. The van der Waals surface area contributed by atoms with Crippen molar-refractivity contribution >= 4 is 17.7 Å². The van der Waals surface area contributed by atoms with Crippen LogP contribution in [0.4, 0.5) is 23.7 Å². The highest BCUT2D eigenvalue weighted by Gasteiger charge is 2.27. The van der Waals surface area contributed by atoms with Crippen LogP contribution in [-0.4, -0.2) is 41.5 Å². The van der Waals surface area contributed by atoms with E-state index in [4.69, 9.17) is 10.2 Å². The van der Waals surface area contributed by atoms with E-state index in [1.807, 2.05) is 5.32 Å². The van der Waals surface area contributed by atoms with Gasteiger partial charge in [0, 0.05) is 12.2 Å². The molecule has 0 aliphatic carbocycles. The molecule has 9 heteroatoms. The number of amides is 2. The minimum Gasteiger partial charge on any atom is -0.508 e. The Hall–Kier alpha value is -2.45. The second-order valence-corrected chi connectivity index (χ2v) is 4.09. The van der Waals surface area contributed by atoms with Gasteiger partial charge in [-0.15, -0.1) is 0 Å². The number of phenolic OH excluding ortho intramolecular Hbond substituents is 1. The smallest absolute Gasteiger partial charge is 0.390 e. The summed E-state index contributed by atoms with van der Waals surface area (Å²) in [5, 5.41) is 19.9. The predicted octanol–water partition coefficient (Wildman–Crippen LogP) is 1.95. The highest BCUT2D eigenvalue weighted by molar-refractivity contribution is 5.96. The van der Waals surface area contributed by atoms with E-state index >= 15 is 0 Å². The van der Waals surface area contributed by atoms with E-state index in [9.17, 15) is 22.8 Å². The molecule has 0 saturated heterocycles. The lowest BCUT2D eigenvalue weighted by Gasteiger charge is -2.21. The first-order valence-corrected chi connectivity index (χ1v) is 5.82. The monoisotopic (exact) mass is 306 g/mol. The van der Waals surface area contributed by atoms with Crippen molar-refractivity contribution in [2.75, 3.05) is 18.0 Å². The summed E-state index contributed by atoms with van der Waals surface area (Å²) < 4.78 is 36.0. The first-order chi connectivity index (χ1) is 9.69. The zero-order valence-corrected chi connectivity index (χ0v) is 10.7. The second-order valence-electron chi connectivity index (χ2n) is 4.09. The maximum Gasteiger partial charge on any atom is 0.390 e. The molecule has 0 aliphatic heterocycles. The van der Waals surface area contributed by atoms with Crippen LogP contribution < -0.4 is 10.2 Å². The third kappa shape index (κ3) is 6.02. The number of rotatable bonds is 5. The molecule has 1 aromatic rings. The molecule has 0 unspecified atom stereocenters. The molecule has 0 radical (unpaired) electrons. The molecule has 0 atom stereocenters. The number of aliphatic carboxylic acids is 1. The molecular formula is C12H13F3N2O4. The van der Waals surface area contributed by atoms with E-state index in [0.29, 0.717) is 0 Å². The Bertz CT molecular complexity index is 502. The maximum atomic E-state index is 12.0. The number of urea groups is 1. The number of carboxylic acids is 1. The third-order valence-corrected chi connectivity index (χ3v) is 2.38. The van der Waals surface area contributed by atoms with Crippen molar-refractivity contribution in [1.82, 2.24) is 5.32 Å². The molecule has 1 aromatic carbocycles. The van der Waals surface area contributed by atoms with Crippen LogP contribution in [0.5, 0.6) is 5.75 Å². The van der Waals surface area contributed by atoms with Crippen molar-refractivity contribution in [1.29, 1.82) is 0 Å². The van der Waals surface area contributed by atoms with Gasteiger partial charge >= 0.3 is 18.2 Å². The van der Waals surface area contributed by atoms with Gasteiger partial charge in [0.15, 0.2) is 0 Å². The lowest BCUT2D eigenvalue weighted by Crippen LogP contribution is -2.43. The first-order valence-electron chi connectivity index (χ1n) is 5.82. The Balaban J connectivity index is 2.75. The average Bonchev–Trinajstić information content (AvgIpc) is 2.35. The van der Waals surface area contributed by atoms with Crippen LogP contribution in [0, 0.1) is 0 Å². The number of carboxylic acid groups (broad SMARTS) is 1. The molecule has 21 heavy (non-hydrogen) atoms. The van der Waals surface area contributed by atoms with Crippen molar-refractivity contribution in [2.45, 2.75) is 12.6 Å². The van der Waals surface area contributed by atoms with Gasteiger partial charge in [0.25, 0.3) is 0 Å². The molecular weight excluding hydrogens is 293 g/mol. The summed E-state index contributed by atoms with van der Waals surface area (Å²) in [4.78, 5) is 23.3.